The second kappa shape index (κ2) is 7.67. The van der Waals surface area contributed by atoms with E-state index in [-0.39, 0.29) is 11.9 Å². The second-order valence-corrected chi connectivity index (χ2v) is 7.88. The third-order valence-corrected chi connectivity index (χ3v) is 5.50. The zero-order valence-electron chi connectivity index (χ0n) is 15.3. The number of amides is 1. The molecule has 27 heavy (non-hydrogen) atoms. The molecule has 0 spiro atoms. The number of nitrogens with one attached hydrogen (secondary N) is 1. The first-order chi connectivity index (χ1) is 13.1. The molecule has 140 valence electrons. The van der Waals surface area contributed by atoms with Crippen molar-refractivity contribution in [1.29, 1.82) is 0 Å². The Balaban J connectivity index is 1.51. The number of aromatic nitrogens is 3. The highest BCUT2D eigenvalue weighted by atomic mass is 32.1. The Labute approximate surface area is 161 Å². The lowest BCUT2D eigenvalue weighted by atomic mass is 10.1. The molecular weight excluding hydrogens is 362 g/mol. The van der Waals surface area contributed by atoms with E-state index in [1.54, 1.807) is 17.5 Å². The van der Waals surface area contributed by atoms with E-state index in [9.17, 15) is 4.79 Å². The lowest BCUT2D eigenvalue weighted by molar-refractivity contribution is -0.119. The molecule has 0 bridgehead atoms. The van der Waals surface area contributed by atoms with Gasteiger partial charge in [0.15, 0.2) is 0 Å². The van der Waals surface area contributed by atoms with Crippen LogP contribution in [0, 0.1) is 6.92 Å². The second-order valence-electron chi connectivity index (χ2n) is 6.70. The van der Waals surface area contributed by atoms with E-state index in [4.69, 9.17) is 4.74 Å². The summed E-state index contributed by atoms with van der Waals surface area (Å²) < 4.78 is 5.41. The predicted octanol–water partition coefficient (Wildman–Crippen LogP) is 2.72. The number of ether oxygens (including phenoxy) is 1. The number of pyridine rings is 1. The largest absolute Gasteiger partial charge is 0.379 e. The lowest BCUT2D eigenvalue weighted by Gasteiger charge is -2.32. The van der Waals surface area contributed by atoms with Gasteiger partial charge >= 0.3 is 0 Å². The van der Waals surface area contributed by atoms with Crippen LogP contribution in [0.3, 0.4) is 0 Å². The topological polar surface area (TPSA) is 80.2 Å². The average molecular weight is 383 g/mol. The van der Waals surface area contributed by atoms with Gasteiger partial charge < -0.3 is 10.1 Å². The lowest BCUT2D eigenvalue weighted by Crippen LogP contribution is -2.47. The number of rotatable bonds is 4. The molecule has 3 heterocycles. The van der Waals surface area contributed by atoms with Gasteiger partial charge in [0.05, 0.1) is 19.8 Å². The molecular formula is C19H21N5O2S. The van der Waals surface area contributed by atoms with Crippen molar-refractivity contribution in [2.45, 2.75) is 19.9 Å². The van der Waals surface area contributed by atoms with Gasteiger partial charge in [0.1, 0.15) is 15.8 Å². The Morgan fingerprint density at radius 1 is 1.33 bits per heavy atom. The van der Waals surface area contributed by atoms with E-state index in [2.05, 4.69) is 38.4 Å². The summed E-state index contributed by atoms with van der Waals surface area (Å²) in [6.07, 6.45) is 1.78. The van der Waals surface area contributed by atoms with E-state index >= 15 is 0 Å². The van der Waals surface area contributed by atoms with Gasteiger partial charge in [-0.3, -0.25) is 9.69 Å². The fourth-order valence-electron chi connectivity index (χ4n) is 3.12. The minimum absolute atomic E-state index is 0.0634. The fourth-order valence-corrected chi connectivity index (χ4v) is 3.81. The van der Waals surface area contributed by atoms with Crippen LogP contribution < -0.4 is 5.32 Å². The molecule has 0 aliphatic carbocycles. The maximum atomic E-state index is 12.4. The van der Waals surface area contributed by atoms with Crippen LogP contribution in [0.4, 0.5) is 5.82 Å². The molecule has 1 aliphatic heterocycles. The Kier molecular flexibility index (Phi) is 5.11. The Hall–Kier alpha value is -2.42. The van der Waals surface area contributed by atoms with Gasteiger partial charge in [-0.1, -0.05) is 23.5 Å². The maximum absolute atomic E-state index is 12.4. The Bertz CT molecular complexity index is 974. The van der Waals surface area contributed by atoms with Gasteiger partial charge in [-0.25, -0.2) is 4.98 Å². The van der Waals surface area contributed by atoms with Crippen molar-refractivity contribution in [3.05, 3.63) is 35.5 Å². The molecule has 1 aromatic carbocycles. The van der Waals surface area contributed by atoms with Crippen molar-refractivity contribution >= 4 is 33.8 Å². The molecule has 1 saturated heterocycles. The number of carbonyl (C=O) groups excluding carboxylic acids is 1. The van der Waals surface area contributed by atoms with Gasteiger partial charge in [0.2, 0.25) is 5.91 Å². The highest BCUT2D eigenvalue weighted by molar-refractivity contribution is 7.14. The van der Waals surface area contributed by atoms with Crippen LogP contribution in [0.15, 0.2) is 30.5 Å². The summed E-state index contributed by atoms with van der Waals surface area (Å²) in [6, 6.07) is 8.22. The van der Waals surface area contributed by atoms with Crippen molar-refractivity contribution in [1.82, 2.24) is 20.1 Å². The van der Waals surface area contributed by atoms with Gasteiger partial charge in [-0.05, 0) is 31.4 Å². The molecule has 7 nitrogen and oxygen atoms in total. The van der Waals surface area contributed by atoms with E-state index < -0.39 is 0 Å². The fraction of sp³-hybridized carbons (Fsp3) is 0.368. The summed E-state index contributed by atoms with van der Waals surface area (Å²) in [5, 5.41) is 15.0. The van der Waals surface area contributed by atoms with Gasteiger partial charge in [0.25, 0.3) is 0 Å². The minimum Gasteiger partial charge on any atom is -0.379 e. The van der Waals surface area contributed by atoms with Crippen LogP contribution in [0.5, 0.6) is 0 Å². The SMILES string of the molecule is Cc1nnc(-c2ccc3cnc(NC(=O)CN4CCOC[C@H]4C)cc3c2)s1. The number of fused-ring (bicyclic) bond motifs is 1. The van der Waals surface area contributed by atoms with E-state index in [1.807, 2.05) is 25.1 Å². The summed E-state index contributed by atoms with van der Waals surface area (Å²) in [5.41, 5.74) is 1.01. The van der Waals surface area contributed by atoms with Crippen LogP contribution in [0.25, 0.3) is 21.3 Å². The highest BCUT2D eigenvalue weighted by Gasteiger charge is 2.21. The first-order valence-electron chi connectivity index (χ1n) is 8.90. The predicted molar refractivity (Wildman–Crippen MR) is 106 cm³/mol. The van der Waals surface area contributed by atoms with Crippen LogP contribution in [-0.2, 0) is 9.53 Å². The molecule has 0 saturated carbocycles. The Morgan fingerprint density at radius 3 is 3.00 bits per heavy atom. The zero-order chi connectivity index (χ0) is 18.8. The smallest absolute Gasteiger partial charge is 0.239 e. The summed E-state index contributed by atoms with van der Waals surface area (Å²) in [7, 11) is 0. The molecule has 8 heteroatoms. The standard InChI is InChI=1S/C19H21N5O2S/c1-12-11-26-6-5-24(12)10-18(25)21-17-8-16-7-14(3-4-15(16)9-20-17)19-23-22-13(2)27-19/h3-4,7-9,12H,5-6,10-11H2,1-2H3,(H,20,21,25)/t12-/m1/s1. The van der Waals surface area contributed by atoms with Crippen molar-refractivity contribution in [3.63, 3.8) is 0 Å². The summed E-state index contributed by atoms with van der Waals surface area (Å²) in [4.78, 5) is 18.9. The van der Waals surface area contributed by atoms with Crippen LogP contribution >= 0.6 is 11.3 Å². The molecule has 1 fully saturated rings. The quantitative estimate of drug-likeness (QED) is 0.746. The molecule has 0 unspecified atom stereocenters. The number of carbonyl (C=O) groups is 1. The minimum atomic E-state index is -0.0634. The highest BCUT2D eigenvalue weighted by Crippen LogP contribution is 2.27. The van der Waals surface area contributed by atoms with E-state index in [0.717, 1.165) is 32.9 Å². The molecule has 0 radical (unpaired) electrons. The van der Waals surface area contributed by atoms with E-state index in [0.29, 0.717) is 25.6 Å². The van der Waals surface area contributed by atoms with Crippen LogP contribution in [0.2, 0.25) is 0 Å². The van der Waals surface area contributed by atoms with Crippen LogP contribution in [0.1, 0.15) is 11.9 Å². The number of morpholine rings is 1. The number of aryl methyl sites for hydroxylation is 1. The molecule has 1 atom stereocenters. The van der Waals surface area contributed by atoms with Crippen molar-refractivity contribution in [2.24, 2.45) is 0 Å². The molecule has 1 aliphatic rings. The first kappa shape index (κ1) is 18.0. The molecule has 1 amide bonds. The summed E-state index contributed by atoms with van der Waals surface area (Å²) in [5.74, 6) is 0.491. The monoisotopic (exact) mass is 383 g/mol. The van der Waals surface area contributed by atoms with E-state index in [1.165, 1.54) is 0 Å². The zero-order valence-corrected chi connectivity index (χ0v) is 16.1. The van der Waals surface area contributed by atoms with Crippen molar-refractivity contribution < 1.29 is 9.53 Å². The molecule has 2 aromatic heterocycles. The maximum Gasteiger partial charge on any atom is 0.239 e. The summed E-state index contributed by atoms with van der Waals surface area (Å²) in [6.45, 7) is 6.44. The van der Waals surface area contributed by atoms with Crippen LogP contribution in [-0.4, -0.2) is 58.3 Å². The number of hydrogen-bond acceptors (Lipinski definition) is 7. The average Bonchev–Trinajstić information content (AvgIpc) is 3.09. The number of benzene rings is 1. The molecule has 4 rings (SSSR count). The normalized spacial score (nSPS) is 17.9. The summed E-state index contributed by atoms with van der Waals surface area (Å²) >= 11 is 1.56. The van der Waals surface area contributed by atoms with Gasteiger partial charge in [0, 0.05) is 29.7 Å². The number of hydrogen-bond donors (Lipinski definition) is 1. The van der Waals surface area contributed by atoms with Crippen molar-refractivity contribution in [3.8, 4) is 10.6 Å². The van der Waals surface area contributed by atoms with Gasteiger partial charge in [-0.15, -0.1) is 10.2 Å². The third-order valence-electron chi connectivity index (χ3n) is 4.61. The Morgan fingerprint density at radius 2 is 2.22 bits per heavy atom. The van der Waals surface area contributed by atoms with Crippen molar-refractivity contribution in [2.75, 3.05) is 31.6 Å². The number of anilines is 1. The third kappa shape index (κ3) is 4.13. The van der Waals surface area contributed by atoms with Gasteiger partial charge in [-0.2, -0.15) is 0 Å². The first-order valence-corrected chi connectivity index (χ1v) is 9.72. The number of nitrogens with zero attached hydrogens (tertiary/aromatic N) is 4. The molecule has 3 aromatic rings. The molecule has 1 N–H and O–H groups in total.